The van der Waals surface area contributed by atoms with Gasteiger partial charge < -0.3 is 10.2 Å². The molecule has 0 unspecified atom stereocenters. The Labute approximate surface area is 147 Å². The monoisotopic (exact) mass is 395 g/mol. The maximum Gasteiger partial charge on any atom is 0.418 e. The second-order valence-corrected chi connectivity index (χ2v) is 7.29. The van der Waals surface area contributed by atoms with Gasteiger partial charge in [-0.05, 0) is 12.8 Å². The first-order chi connectivity index (χ1) is 12.2. The number of nitrogens with zero attached hydrogens (tertiary/aromatic N) is 2. The number of carbonyl (C=O) groups excluding carboxylic acids is 3. The molecule has 3 fully saturated rings. The molecular formula is C12H18FN5O7S. The van der Waals surface area contributed by atoms with Gasteiger partial charge in [-0.15, -0.1) is 4.28 Å². The summed E-state index contributed by atoms with van der Waals surface area (Å²) >= 11 is 0. The molecular weight excluding hydrogens is 377 g/mol. The second-order valence-electron chi connectivity index (χ2n) is 6.28. The number of fused-ring (bicyclic) bond motifs is 2. The third kappa shape index (κ3) is 3.87. The lowest BCUT2D eigenvalue weighted by atomic mass is 10.0. The largest absolute Gasteiger partial charge is 0.418 e. The highest BCUT2D eigenvalue weighted by Crippen LogP contribution is 2.30. The molecule has 146 valence electrons. The Morgan fingerprint density at radius 3 is 2.58 bits per heavy atom. The van der Waals surface area contributed by atoms with Crippen molar-refractivity contribution in [2.45, 2.75) is 43.6 Å². The standard InChI is InChI=1S/C12H18FN5O7S/c13-6-3-8(14-4-6)10(19)15-16-11(20)9-2-1-7-5-17(9)12(21)18(7)25-26(22,23)24/h6-9,14H,1-5H2,(H,15,19)(H,16,20)(H,22,23,24)/t6-,7+,8-,9+/m0/s1. The number of hydrazine groups is 1. The van der Waals surface area contributed by atoms with Crippen LogP contribution in [0.1, 0.15) is 19.3 Å². The predicted octanol–water partition coefficient (Wildman–Crippen LogP) is -2.16. The Bertz CT molecular complexity index is 719. The number of urea groups is 1. The average Bonchev–Trinajstić information content (AvgIpc) is 3.09. The predicted molar refractivity (Wildman–Crippen MR) is 81.0 cm³/mol. The third-order valence-electron chi connectivity index (χ3n) is 4.50. The lowest BCUT2D eigenvalue weighted by Gasteiger charge is -2.29. The van der Waals surface area contributed by atoms with Gasteiger partial charge in [0.25, 0.3) is 11.8 Å². The Morgan fingerprint density at radius 2 is 1.96 bits per heavy atom. The maximum absolute atomic E-state index is 13.1. The summed E-state index contributed by atoms with van der Waals surface area (Å²) in [5, 5.41) is 3.18. The van der Waals surface area contributed by atoms with E-state index in [0.29, 0.717) is 5.06 Å². The molecule has 4 amide bonds. The van der Waals surface area contributed by atoms with Crippen LogP contribution in [0.3, 0.4) is 0 Å². The van der Waals surface area contributed by atoms with Crippen molar-refractivity contribution in [2.75, 3.05) is 13.1 Å². The normalized spacial score (nSPS) is 31.2. The molecule has 0 saturated carbocycles. The summed E-state index contributed by atoms with van der Waals surface area (Å²) in [4.78, 5) is 37.4. The zero-order valence-corrected chi connectivity index (χ0v) is 14.2. The summed E-state index contributed by atoms with van der Waals surface area (Å²) in [5.41, 5.74) is 4.37. The van der Waals surface area contributed by atoms with Gasteiger partial charge in [0.15, 0.2) is 0 Å². The van der Waals surface area contributed by atoms with E-state index in [0.717, 1.165) is 4.90 Å². The van der Waals surface area contributed by atoms with Crippen molar-refractivity contribution in [1.82, 2.24) is 26.1 Å². The minimum Gasteiger partial charge on any atom is -0.309 e. The Balaban J connectivity index is 1.56. The molecule has 0 aromatic carbocycles. The van der Waals surface area contributed by atoms with Crippen molar-refractivity contribution in [3.8, 4) is 0 Å². The zero-order valence-electron chi connectivity index (χ0n) is 13.4. The SMILES string of the molecule is O=C(NNC(=O)[C@H]1CC[C@@H]2CN1C(=O)N2OS(=O)(=O)O)[C@@H]1C[C@H](F)CN1. The third-order valence-corrected chi connectivity index (χ3v) is 4.85. The molecule has 12 nitrogen and oxygen atoms in total. The van der Waals surface area contributed by atoms with Gasteiger partial charge in [0.05, 0.1) is 12.1 Å². The Kier molecular flexibility index (Phi) is 5.01. The molecule has 3 aliphatic heterocycles. The number of piperidine rings is 1. The van der Waals surface area contributed by atoms with E-state index >= 15 is 0 Å². The molecule has 3 heterocycles. The van der Waals surface area contributed by atoms with E-state index in [4.69, 9.17) is 4.55 Å². The highest BCUT2D eigenvalue weighted by atomic mass is 32.3. The molecule has 0 aromatic rings. The van der Waals surface area contributed by atoms with Crippen molar-refractivity contribution >= 4 is 28.2 Å². The highest BCUT2D eigenvalue weighted by molar-refractivity contribution is 7.80. The highest BCUT2D eigenvalue weighted by Gasteiger charge is 2.49. The fourth-order valence-electron chi connectivity index (χ4n) is 3.29. The summed E-state index contributed by atoms with van der Waals surface area (Å²) in [6.45, 7) is 0.0933. The van der Waals surface area contributed by atoms with Gasteiger partial charge in [-0.1, -0.05) is 0 Å². The van der Waals surface area contributed by atoms with Crippen molar-refractivity contribution in [3.63, 3.8) is 0 Å². The van der Waals surface area contributed by atoms with Crippen LogP contribution in [0, 0.1) is 0 Å². The maximum atomic E-state index is 13.1. The van der Waals surface area contributed by atoms with E-state index in [1.165, 1.54) is 0 Å². The summed E-state index contributed by atoms with van der Waals surface area (Å²) < 4.78 is 47.7. The lowest BCUT2D eigenvalue weighted by molar-refractivity contribution is -0.132. The van der Waals surface area contributed by atoms with E-state index in [9.17, 15) is 27.2 Å². The van der Waals surface area contributed by atoms with E-state index in [-0.39, 0.29) is 32.4 Å². The molecule has 26 heavy (non-hydrogen) atoms. The topological polar surface area (TPSA) is 157 Å². The zero-order chi connectivity index (χ0) is 19.1. The van der Waals surface area contributed by atoms with Crippen LogP contribution in [0.5, 0.6) is 0 Å². The quantitative estimate of drug-likeness (QED) is 0.310. The summed E-state index contributed by atoms with van der Waals surface area (Å²) in [7, 11) is -4.87. The van der Waals surface area contributed by atoms with Gasteiger partial charge in [0.2, 0.25) is 0 Å². The molecule has 2 bridgehead atoms. The van der Waals surface area contributed by atoms with Gasteiger partial charge in [-0.2, -0.15) is 13.5 Å². The Morgan fingerprint density at radius 1 is 1.27 bits per heavy atom. The molecule has 14 heteroatoms. The van der Waals surface area contributed by atoms with Crippen molar-refractivity contribution in [3.05, 3.63) is 0 Å². The lowest BCUT2D eigenvalue weighted by Crippen LogP contribution is -2.56. The number of carbonyl (C=O) groups is 3. The van der Waals surface area contributed by atoms with Crippen LogP contribution in [0.25, 0.3) is 0 Å². The first kappa shape index (κ1) is 18.8. The molecule has 4 N–H and O–H groups in total. The molecule has 3 saturated heterocycles. The smallest absolute Gasteiger partial charge is 0.309 e. The van der Waals surface area contributed by atoms with Crippen molar-refractivity contribution < 1.29 is 36.0 Å². The van der Waals surface area contributed by atoms with Crippen LogP contribution in [-0.4, -0.2) is 78.2 Å². The number of hydrogen-bond donors (Lipinski definition) is 4. The van der Waals surface area contributed by atoms with Crippen LogP contribution >= 0.6 is 0 Å². The summed E-state index contributed by atoms with van der Waals surface area (Å²) in [5.74, 6) is -1.27. The van der Waals surface area contributed by atoms with Crippen molar-refractivity contribution in [1.29, 1.82) is 0 Å². The van der Waals surface area contributed by atoms with Crippen LogP contribution in [-0.2, 0) is 24.3 Å². The number of amides is 4. The average molecular weight is 395 g/mol. The second kappa shape index (κ2) is 6.94. The van der Waals surface area contributed by atoms with Crippen LogP contribution in [0.4, 0.5) is 9.18 Å². The number of hydrogen-bond acceptors (Lipinski definition) is 7. The summed E-state index contributed by atoms with van der Waals surface area (Å²) in [6.07, 6.45) is -0.665. The number of hydroxylamine groups is 2. The molecule has 4 atom stereocenters. The minimum absolute atomic E-state index is 0.000639. The first-order valence-electron chi connectivity index (χ1n) is 7.89. The fourth-order valence-corrected chi connectivity index (χ4v) is 3.68. The molecule has 0 aliphatic carbocycles. The molecule has 3 rings (SSSR count). The van der Waals surface area contributed by atoms with Crippen LogP contribution in [0.2, 0.25) is 0 Å². The van der Waals surface area contributed by atoms with Gasteiger partial charge in [0, 0.05) is 19.5 Å². The van der Waals surface area contributed by atoms with E-state index in [1.54, 1.807) is 0 Å². The van der Waals surface area contributed by atoms with Crippen LogP contribution < -0.4 is 16.2 Å². The number of halogens is 1. The van der Waals surface area contributed by atoms with E-state index in [2.05, 4.69) is 20.5 Å². The van der Waals surface area contributed by atoms with Crippen LogP contribution in [0.15, 0.2) is 0 Å². The van der Waals surface area contributed by atoms with Gasteiger partial charge in [-0.25, -0.2) is 9.18 Å². The summed E-state index contributed by atoms with van der Waals surface area (Å²) in [6, 6.07) is -3.20. The molecule has 0 radical (unpaired) electrons. The molecule has 0 spiro atoms. The molecule has 3 aliphatic rings. The van der Waals surface area contributed by atoms with Crippen molar-refractivity contribution in [2.24, 2.45) is 0 Å². The molecule has 0 aromatic heterocycles. The van der Waals surface area contributed by atoms with E-state index < -0.39 is 52.5 Å². The first-order valence-corrected chi connectivity index (χ1v) is 9.26. The van der Waals surface area contributed by atoms with E-state index in [1.807, 2.05) is 0 Å². The Hall–Kier alpha value is -2.03. The number of rotatable bonds is 4. The number of alkyl halides is 1. The number of nitrogens with one attached hydrogen (secondary N) is 3. The van der Waals surface area contributed by atoms with Gasteiger partial charge >= 0.3 is 16.4 Å². The van der Waals surface area contributed by atoms with Gasteiger partial charge in [0.1, 0.15) is 12.2 Å². The minimum atomic E-state index is -4.87. The van der Waals surface area contributed by atoms with Gasteiger partial charge in [-0.3, -0.25) is 25.0 Å². The fraction of sp³-hybridized carbons (Fsp3) is 0.750.